The largest absolute Gasteiger partial charge is 0.480 e. The lowest BCUT2D eigenvalue weighted by Crippen LogP contribution is -2.47. The Hall–Kier alpha value is -2.68. The number of aliphatic carboxylic acids is 1. The van der Waals surface area contributed by atoms with E-state index in [1.165, 1.54) is 22.7 Å². The zero-order valence-electron chi connectivity index (χ0n) is 25.8. The lowest BCUT2D eigenvalue weighted by molar-refractivity contribution is -0.145. The van der Waals surface area contributed by atoms with Gasteiger partial charge in [-0.05, 0) is 111 Å². The summed E-state index contributed by atoms with van der Waals surface area (Å²) in [5.41, 5.74) is 3.16. The Morgan fingerprint density at radius 1 is 1.09 bits per heavy atom. The van der Waals surface area contributed by atoms with Gasteiger partial charge in [-0.1, -0.05) is 45.0 Å². The van der Waals surface area contributed by atoms with E-state index in [0.717, 1.165) is 67.9 Å². The molecule has 2 heterocycles. The molecule has 1 aliphatic heterocycles. The van der Waals surface area contributed by atoms with Gasteiger partial charge in [0, 0.05) is 23.9 Å². The van der Waals surface area contributed by atoms with E-state index in [9.17, 15) is 18.7 Å². The average molecular weight is 610 g/mol. The van der Waals surface area contributed by atoms with Gasteiger partial charge in [0.25, 0.3) is 0 Å². The Morgan fingerprint density at radius 3 is 2.42 bits per heavy atom. The fourth-order valence-corrected chi connectivity index (χ4v) is 8.88. The van der Waals surface area contributed by atoms with E-state index in [-0.39, 0.29) is 29.5 Å². The number of benzene rings is 2. The van der Waals surface area contributed by atoms with Crippen LogP contribution in [0.4, 0.5) is 8.78 Å². The van der Waals surface area contributed by atoms with Crippen LogP contribution in [0.3, 0.4) is 0 Å². The quantitative estimate of drug-likeness (QED) is 0.246. The number of carbonyl (C=O) groups is 1. The number of hydrogen-bond donors (Lipinski definition) is 1. The predicted octanol–water partition coefficient (Wildman–Crippen LogP) is 7.36. The number of piperidine rings is 1. The molecule has 43 heavy (non-hydrogen) atoms. The lowest BCUT2D eigenvalue weighted by Gasteiger charge is -2.35. The molecule has 0 amide bonds. The van der Waals surface area contributed by atoms with E-state index in [2.05, 4.69) is 16.7 Å². The van der Waals surface area contributed by atoms with Crippen molar-refractivity contribution in [2.75, 3.05) is 26.7 Å². The molecule has 4 atom stereocenters. The standard InChI is InChI=1S/C35H45F2N3O2S/c1-5-31-34(43-32(38-31)17-23-8-6-10-27(36)16-23)24-12-14-40(15-13-24)21-26-19-29(39(4)33(22(2)3)35(41)42)20-30(26)25-9-7-11-28(37)18-25/h6-11,16,18,22,24,26,29-30,33H,5,12-15,17,19-21H2,1-4H3,(H,41,42)/t26?,29?,30?,33-/m1/s1. The van der Waals surface area contributed by atoms with E-state index in [0.29, 0.717) is 18.3 Å². The third-order valence-electron chi connectivity index (χ3n) is 9.65. The number of aryl methyl sites for hydroxylation is 1. The minimum absolute atomic E-state index is 0.00215. The molecule has 1 saturated heterocycles. The zero-order chi connectivity index (χ0) is 30.7. The number of likely N-dealkylation sites (tertiary alicyclic amines) is 1. The van der Waals surface area contributed by atoms with Gasteiger partial charge in [-0.15, -0.1) is 11.3 Å². The highest BCUT2D eigenvalue weighted by Gasteiger charge is 2.42. The van der Waals surface area contributed by atoms with Gasteiger partial charge in [0.05, 0.1) is 10.7 Å². The van der Waals surface area contributed by atoms with Crippen molar-refractivity contribution < 1.29 is 18.7 Å². The molecule has 3 aromatic rings. The van der Waals surface area contributed by atoms with Crippen molar-refractivity contribution in [3.05, 3.63) is 86.9 Å². The summed E-state index contributed by atoms with van der Waals surface area (Å²) in [6.07, 6.45) is 5.45. The molecule has 1 saturated carbocycles. The summed E-state index contributed by atoms with van der Waals surface area (Å²) in [4.78, 5) is 23.1. The second-order valence-electron chi connectivity index (χ2n) is 12.9. The maximum absolute atomic E-state index is 14.3. The van der Waals surface area contributed by atoms with E-state index in [1.807, 2.05) is 33.0 Å². The minimum Gasteiger partial charge on any atom is -0.480 e. The number of thiazole rings is 1. The fourth-order valence-electron chi connectivity index (χ4n) is 7.53. The summed E-state index contributed by atoms with van der Waals surface area (Å²) in [5, 5.41) is 11.0. The first-order valence-electron chi connectivity index (χ1n) is 15.8. The Labute approximate surface area is 258 Å². The SMILES string of the molecule is CCc1nc(Cc2cccc(F)c2)sc1C1CCN(CC2CC(N(C)[C@@H](C(=O)O)C(C)C)CC2c2cccc(F)c2)CC1. The first-order chi connectivity index (χ1) is 20.6. The molecular weight excluding hydrogens is 564 g/mol. The molecule has 2 aliphatic rings. The van der Waals surface area contributed by atoms with Crippen LogP contribution >= 0.6 is 11.3 Å². The number of hydrogen-bond acceptors (Lipinski definition) is 5. The van der Waals surface area contributed by atoms with Gasteiger partial charge < -0.3 is 10.0 Å². The van der Waals surface area contributed by atoms with Gasteiger partial charge >= 0.3 is 5.97 Å². The summed E-state index contributed by atoms with van der Waals surface area (Å²) in [6, 6.07) is 13.4. The normalized spacial score (nSPS) is 22.5. The Balaban J connectivity index is 1.26. The fraction of sp³-hybridized carbons (Fsp3) is 0.543. The van der Waals surface area contributed by atoms with E-state index < -0.39 is 12.0 Å². The van der Waals surface area contributed by atoms with Gasteiger partial charge in [-0.2, -0.15) is 0 Å². The van der Waals surface area contributed by atoms with Gasteiger partial charge in [-0.25, -0.2) is 13.8 Å². The Bertz CT molecular complexity index is 1390. The molecule has 5 rings (SSSR count). The number of rotatable bonds is 11. The predicted molar refractivity (Wildman–Crippen MR) is 169 cm³/mol. The number of nitrogens with zero attached hydrogens (tertiary/aromatic N) is 3. The van der Waals surface area contributed by atoms with Crippen molar-refractivity contribution in [2.45, 2.75) is 83.2 Å². The van der Waals surface area contributed by atoms with Crippen LogP contribution in [0.25, 0.3) is 0 Å². The molecule has 1 aromatic heterocycles. The molecule has 0 spiro atoms. The van der Waals surface area contributed by atoms with Crippen LogP contribution in [0.1, 0.15) is 85.0 Å². The number of aromatic nitrogens is 1. The molecule has 2 aromatic carbocycles. The Morgan fingerprint density at radius 2 is 1.79 bits per heavy atom. The molecule has 1 aliphatic carbocycles. The van der Waals surface area contributed by atoms with Gasteiger partial charge in [0.1, 0.15) is 17.7 Å². The summed E-state index contributed by atoms with van der Waals surface area (Å²) >= 11 is 1.79. The molecule has 3 unspecified atom stereocenters. The molecule has 2 fully saturated rings. The number of likely N-dealkylation sites (N-methyl/N-ethyl adjacent to an activating group) is 1. The second kappa shape index (κ2) is 14.0. The molecule has 0 bridgehead atoms. The molecule has 5 nitrogen and oxygen atoms in total. The van der Waals surface area contributed by atoms with Crippen molar-refractivity contribution in [3.8, 4) is 0 Å². The van der Waals surface area contributed by atoms with E-state index in [4.69, 9.17) is 4.98 Å². The van der Waals surface area contributed by atoms with Crippen LogP contribution < -0.4 is 0 Å². The third-order valence-corrected chi connectivity index (χ3v) is 10.9. The summed E-state index contributed by atoms with van der Waals surface area (Å²) < 4.78 is 28.0. The minimum atomic E-state index is -0.779. The molecule has 232 valence electrons. The first kappa shape index (κ1) is 31.7. The maximum Gasteiger partial charge on any atom is 0.321 e. The maximum atomic E-state index is 14.3. The van der Waals surface area contributed by atoms with Gasteiger partial charge in [-0.3, -0.25) is 9.69 Å². The smallest absolute Gasteiger partial charge is 0.321 e. The number of carboxylic acids is 1. The zero-order valence-corrected chi connectivity index (χ0v) is 26.6. The van der Waals surface area contributed by atoms with Crippen molar-refractivity contribution in [3.63, 3.8) is 0 Å². The molecule has 0 radical (unpaired) electrons. The van der Waals surface area contributed by atoms with E-state index >= 15 is 0 Å². The number of carboxylic acid groups (broad SMARTS) is 1. The summed E-state index contributed by atoms with van der Waals surface area (Å²) in [7, 11) is 1.95. The lowest BCUT2D eigenvalue weighted by atomic mass is 9.87. The van der Waals surface area contributed by atoms with Crippen LogP contribution in [0.5, 0.6) is 0 Å². The summed E-state index contributed by atoms with van der Waals surface area (Å²) in [6.45, 7) is 9.03. The number of halogens is 2. The molecule has 1 N–H and O–H groups in total. The Kier molecular flexibility index (Phi) is 10.3. The highest BCUT2D eigenvalue weighted by atomic mass is 32.1. The van der Waals surface area contributed by atoms with Crippen LogP contribution in [0.15, 0.2) is 48.5 Å². The van der Waals surface area contributed by atoms with Crippen molar-refractivity contribution in [2.24, 2.45) is 11.8 Å². The van der Waals surface area contributed by atoms with Crippen LogP contribution in [0.2, 0.25) is 0 Å². The van der Waals surface area contributed by atoms with Crippen LogP contribution in [-0.2, 0) is 17.6 Å². The highest BCUT2D eigenvalue weighted by Crippen LogP contribution is 2.44. The average Bonchev–Trinajstić information content (AvgIpc) is 3.57. The van der Waals surface area contributed by atoms with Crippen LogP contribution in [-0.4, -0.2) is 64.6 Å². The van der Waals surface area contributed by atoms with Gasteiger partial charge in [0.2, 0.25) is 0 Å². The second-order valence-corrected chi connectivity index (χ2v) is 14.0. The topological polar surface area (TPSA) is 56.7 Å². The van der Waals surface area contributed by atoms with Gasteiger partial charge in [0.15, 0.2) is 0 Å². The van der Waals surface area contributed by atoms with Crippen molar-refractivity contribution in [1.29, 1.82) is 0 Å². The summed E-state index contributed by atoms with van der Waals surface area (Å²) in [5.74, 6) is -0.192. The highest BCUT2D eigenvalue weighted by molar-refractivity contribution is 7.11. The van der Waals surface area contributed by atoms with Crippen molar-refractivity contribution in [1.82, 2.24) is 14.8 Å². The molecular formula is C35H45F2N3O2S. The first-order valence-corrected chi connectivity index (χ1v) is 16.6. The monoisotopic (exact) mass is 609 g/mol. The van der Waals surface area contributed by atoms with E-state index in [1.54, 1.807) is 35.6 Å². The van der Waals surface area contributed by atoms with Crippen LogP contribution in [0, 0.1) is 23.5 Å². The third kappa shape index (κ3) is 7.52. The molecule has 8 heteroatoms. The van der Waals surface area contributed by atoms with Crippen molar-refractivity contribution >= 4 is 17.3 Å².